The molecule has 0 aliphatic heterocycles. The molecule has 0 spiro atoms. The van der Waals surface area contributed by atoms with Gasteiger partial charge in [-0.1, -0.05) is 0 Å². The predicted octanol–water partition coefficient (Wildman–Crippen LogP) is 2.50. The number of rotatable bonds is 8. The second-order valence-corrected chi connectivity index (χ2v) is 4.10. The van der Waals surface area contributed by atoms with E-state index in [0.29, 0.717) is 6.61 Å². The van der Waals surface area contributed by atoms with Crippen molar-refractivity contribution in [2.24, 2.45) is 0 Å². The number of benzene rings is 1. The zero-order valence-electron chi connectivity index (χ0n) is 11.1. The Hall–Kier alpha value is -1.94. The Morgan fingerprint density at radius 3 is 2.53 bits per heavy atom. The molecule has 102 valence electrons. The van der Waals surface area contributed by atoms with Crippen molar-refractivity contribution in [2.75, 3.05) is 26.8 Å². The van der Waals surface area contributed by atoms with Gasteiger partial charge in [0.1, 0.15) is 23.9 Å². The summed E-state index contributed by atoms with van der Waals surface area (Å²) in [5.41, 5.74) is 0. The normalized spacial score (nSPS) is 10.4. The SMILES string of the molecule is COc1ccc(OCCNCCc2ccco2)cc1. The summed E-state index contributed by atoms with van der Waals surface area (Å²) in [6, 6.07) is 11.5. The van der Waals surface area contributed by atoms with E-state index in [-0.39, 0.29) is 0 Å². The quantitative estimate of drug-likeness (QED) is 0.741. The van der Waals surface area contributed by atoms with Gasteiger partial charge in [-0.3, -0.25) is 0 Å². The van der Waals surface area contributed by atoms with Crippen molar-refractivity contribution in [3.8, 4) is 11.5 Å². The van der Waals surface area contributed by atoms with Crippen LogP contribution in [0.15, 0.2) is 47.1 Å². The molecule has 19 heavy (non-hydrogen) atoms. The Balaban J connectivity index is 1.56. The smallest absolute Gasteiger partial charge is 0.119 e. The van der Waals surface area contributed by atoms with E-state index < -0.39 is 0 Å². The molecule has 0 saturated carbocycles. The van der Waals surface area contributed by atoms with E-state index in [1.807, 2.05) is 36.4 Å². The minimum absolute atomic E-state index is 0.643. The largest absolute Gasteiger partial charge is 0.497 e. The molecular formula is C15H19NO3. The van der Waals surface area contributed by atoms with E-state index in [0.717, 1.165) is 36.8 Å². The fourth-order valence-corrected chi connectivity index (χ4v) is 1.70. The number of methoxy groups -OCH3 is 1. The molecule has 0 aliphatic carbocycles. The van der Waals surface area contributed by atoms with E-state index in [1.54, 1.807) is 13.4 Å². The first-order valence-corrected chi connectivity index (χ1v) is 6.38. The summed E-state index contributed by atoms with van der Waals surface area (Å²) >= 11 is 0. The Kier molecular flexibility index (Phi) is 5.31. The minimum atomic E-state index is 0.643. The summed E-state index contributed by atoms with van der Waals surface area (Å²) in [7, 11) is 1.65. The van der Waals surface area contributed by atoms with Crippen LogP contribution >= 0.6 is 0 Å². The van der Waals surface area contributed by atoms with E-state index in [2.05, 4.69) is 5.32 Å². The van der Waals surface area contributed by atoms with E-state index in [1.165, 1.54) is 0 Å². The first-order valence-electron chi connectivity index (χ1n) is 6.38. The standard InChI is InChI=1S/C15H19NO3/c1-17-13-4-6-15(7-5-13)19-12-10-16-9-8-14-3-2-11-18-14/h2-7,11,16H,8-10,12H2,1H3. The molecule has 0 saturated heterocycles. The van der Waals surface area contributed by atoms with Crippen LogP contribution in [0.1, 0.15) is 5.76 Å². The van der Waals surface area contributed by atoms with Crippen LogP contribution < -0.4 is 14.8 Å². The van der Waals surface area contributed by atoms with Crippen LogP contribution in [0, 0.1) is 0 Å². The summed E-state index contributed by atoms with van der Waals surface area (Å²) in [6.45, 7) is 2.34. The monoisotopic (exact) mass is 261 g/mol. The Bertz CT molecular complexity index is 451. The number of nitrogens with one attached hydrogen (secondary N) is 1. The van der Waals surface area contributed by atoms with Gasteiger partial charge in [-0.05, 0) is 36.4 Å². The van der Waals surface area contributed by atoms with Crippen molar-refractivity contribution in [3.63, 3.8) is 0 Å². The van der Waals surface area contributed by atoms with E-state index in [4.69, 9.17) is 13.9 Å². The molecule has 0 fully saturated rings. The van der Waals surface area contributed by atoms with E-state index in [9.17, 15) is 0 Å². The summed E-state index contributed by atoms with van der Waals surface area (Å²) in [6.07, 6.45) is 2.59. The van der Waals surface area contributed by atoms with Crippen LogP contribution in [0.25, 0.3) is 0 Å². The average Bonchev–Trinajstić information content (AvgIpc) is 2.96. The van der Waals surface area contributed by atoms with Crippen LogP contribution in [0.4, 0.5) is 0 Å². The summed E-state index contributed by atoms with van der Waals surface area (Å²) in [4.78, 5) is 0. The van der Waals surface area contributed by atoms with Gasteiger partial charge in [-0.2, -0.15) is 0 Å². The van der Waals surface area contributed by atoms with Crippen molar-refractivity contribution >= 4 is 0 Å². The molecule has 0 unspecified atom stereocenters. The van der Waals surface area contributed by atoms with Gasteiger partial charge in [0.2, 0.25) is 0 Å². The van der Waals surface area contributed by atoms with Crippen LogP contribution in [-0.2, 0) is 6.42 Å². The summed E-state index contributed by atoms with van der Waals surface area (Å²) in [5, 5.41) is 3.31. The maximum atomic E-state index is 5.60. The van der Waals surface area contributed by atoms with Crippen LogP contribution in [0.2, 0.25) is 0 Å². The third kappa shape index (κ3) is 4.67. The molecule has 2 aromatic rings. The Morgan fingerprint density at radius 2 is 1.84 bits per heavy atom. The van der Waals surface area contributed by atoms with Gasteiger partial charge in [-0.25, -0.2) is 0 Å². The van der Waals surface area contributed by atoms with Gasteiger partial charge >= 0.3 is 0 Å². The van der Waals surface area contributed by atoms with Crippen molar-refractivity contribution in [1.29, 1.82) is 0 Å². The highest BCUT2D eigenvalue weighted by atomic mass is 16.5. The topological polar surface area (TPSA) is 43.6 Å². The highest BCUT2D eigenvalue weighted by Crippen LogP contribution is 2.16. The lowest BCUT2D eigenvalue weighted by Gasteiger charge is -2.07. The molecule has 0 atom stereocenters. The molecule has 2 rings (SSSR count). The molecule has 0 bridgehead atoms. The fourth-order valence-electron chi connectivity index (χ4n) is 1.70. The zero-order valence-corrected chi connectivity index (χ0v) is 11.1. The van der Waals surface area contributed by atoms with Crippen molar-refractivity contribution in [1.82, 2.24) is 5.32 Å². The second kappa shape index (κ2) is 7.48. The lowest BCUT2D eigenvalue weighted by atomic mass is 10.3. The van der Waals surface area contributed by atoms with Crippen LogP contribution in [0.5, 0.6) is 11.5 Å². The maximum Gasteiger partial charge on any atom is 0.119 e. The second-order valence-electron chi connectivity index (χ2n) is 4.10. The highest BCUT2D eigenvalue weighted by molar-refractivity contribution is 5.31. The average molecular weight is 261 g/mol. The maximum absolute atomic E-state index is 5.60. The molecule has 0 radical (unpaired) electrons. The summed E-state index contributed by atoms with van der Waals surface area (Å²) < 4.78 is 15.9. The number of ether oxygens (including phenoxy) is 2. The van der Waals surface area contributed by atoms with Crippen molar-refractivity contribution < 1.29 is 13.9 Å². The Labute approximate surface area is 113 Å². The third-order valence-corrected chi connectivity index (χ3v) is 2.74. The Morgan fingerprint density at radius 1 is 1.05 bits per heavy atom. The molecule has 4 nitrogen and oxygen atoms in total. The molecule has 0 amide bonds. The molecule has 4 heteroatoms. The number of furan rings is 1. The van der Waals surface area contributed by atoms with Gasteiger partial charge in [0.05, 0.1) is 13.4 Å². The van der Waals surface area contributed by atoms with Gasteiger partial charge in [0.25, 0.3) is 0 Å². The van der Waals surface area contributed by atoms with Gasteiger partial charge in [0.15, 0.2) is 0 Å². The molecule has 1 heterocycles. The predicted molar refractivity (Wildman–Crippen MR) is 73.8 cm³/mol. The zero-order chi connectivity index (χ0) is 13.3. The lowest BCUT2D eigenvalue weighted by molar-refractivity contribution is 0.313. The first kappa shape index (κ1) is 13.5. The molecule has 0 aliphatic rings. The van der Waals surface area contributed by atoms with Gasteiger partial charge < -0.3 is 19.2 Å². The summed E-state index contributed by atoms with van der Waals surface area (Å²) in [5.74, 6) is 2.70. The van der Waals surface area contributed by atoms with Gasteiger partial charge in [0, 0.05) is 19.5 Å². The van der Waals surface area contributed by atoms with Crippen molar-refractivity contribution in [3.05, 3.63) is 48.4 Å². The molecule has 1 aromatic carbocycles. The van der Waals surface area contributed by atoms with Crippen LogP contribution in [-0.4, -0.2) is 26.8 Å². The highest BCUT2D eigenvalue weighted by Gasteiger charge is 1.96. The van der Waals surface area contributed by atoms with Crippen LogP contribution in [0.3, 0.4) is 0 Å². The number of hydrogen-bond donors (Lipinski definition) is 1. The first-order chi connectivity index (χ1) is 9.38. The fraction of sp³-hybridized carbons (Fsp3) is 0.333. The number of hydrogen-bond acceptors (Lipinski definition) is 4. The molecule has 1 aromatic heterocycles. The van der Waals surface area contributed by atoms with Gasteiger partial charge in [-0.15, -0.1) is 0 Å². The third-order valence-electron chi connectivity index (χ3n) is 2.74. The minimum Gasteiger partial charge on any atom is -0.497 e. The molecular weight excluding hydrogens is 242 g/mol. The van der Waals surface area contributed by atoms with E-state index >= 15 is 0 Å². The lowest BCUT2D eigenvalue weighted by Crippen LogP contribution is -2.23. The van der Waals surface area contributed by atoms with Crippen molar-refractivity contribution in [2.45, 2.75) is 6.42 Å². The molecule has 1 N–H and O–H groups in total.